The molecule has 1 aromatic heterocycles. The number of rotatable bonds is 5. The van der Waals surface area contributed by atoms with Crippen LogP contribution in [0.15, 0.2) is 10.3 Å². The van der Waals surface area contributed by atoms with Gasteiger partial charge in [-0.15, -0.1) is 23.7 Å². The highest BCUT2D eigenvalue weighted by molar-refractivity contribution is 7.91. The summed E-state index contributed by atoms with van der Waals surface area (Å²) in [6.07, 6.45) is 2.12. The average Bonchev–Trinajstić information content (AvgIpc) is 3.07. The first-order valence-corrected chi connectivity index (χ1v) is 8.45. The Labute approximate surface area is 129 Å². The second kappa shape index (κ2) is 6.28. The van der Waals surface area contributed by atoms with Crippen molar-refractivity contribution in [3.05, 3.63) is 16.0 Å². The predicted octanol–water partition coefficient (Wildman–Crippen LogP) is 2.49. The minimum atomic E-state index is -3.47. The van der Waals surface area contributed by atoms with Gasteiger partial charge in [0.15, 0.2) is 0 Å². The van der Waals surface area contributed by atoms with Crippen LogP contribution in [0, 0.1) is 12.8 Å². The summed E-state index contributed by atoms with van der Waals surface area (Å²) in [5, 5.41) is 0. The van der Waals surface area contributed by atoms with Crippen LogP contribution in [0.5, 0.6) is 0 Å². The van der Waals surface area contributed by atoms with Crippen molar-refractivity contribution in [2.75, 3.05) is 13.6 Å². The second-order valence-electron chi connectivity index (χ2n) is 4.68. The molecule has 1 saturated carbocycles. The highest BCUT2D eigenvalue weighted by Crippen LogP contribution is 2.38. The van der Waals surface area contributed by atoms with E-state index in [-0.39, 0.29) is 18.4 Å². The van der Waals surface area contributed by atoms with E-state index >= 15 is 0 Å². The number of aryl methyl sites for hydroxylation is 1. The van der Waals surface area contributed by atoms with Crippen molar-refractivity contribution in [2.45, 2.75) is 30.0 Å². The third-order valence-corrected chi connectivity index (χ3v) is 7.23. The van der Waals surface area contributed by atoms with Crippen molar-refractivity contribution < 1.29 is 8.42 Å². The molecular weight excluding hydrogens is 327 g/mol. The number of hydrogen-bond donors (Lipinski definition) is 1. The fourth-order valence-corrected chi connectivity index (χ4v) is 5.32. The monoisotopic (exact) mass is 344 g/mol. The molecule has 4 nitrogen and oxygen atoms in total. The Hall–Kier alpha value is 0.150. The van der Waals surface area contributed by atoms with Gasteiger partial charge in [-0.05, 0) is 37.3 Å². The molecule has 1 atom stereocenters. The third-order valence-electron chi connectivity index (χ3n) is 3.34. The number of nitrogens with two attached hydrogens (primary N) is 1. The highest BCUT2D eigenvalue weighted by atomic mass is 35.5. The summed E-state index contributed by atoms with van der Waals surface area (Å²) >= 11 is 7.04. The molecule has 1 unspecified atom stereocenters. The Morgan fingerprint density at radius 2 is 2.16 bits per heavy atom. The first kappa shape index (κ1) is 17.2. The normalized spacial score (nSPS) is 17.3. The minimum Gasteiger partial charge on any atom is -0.329 e. The van der Waals surface area contributed by atoms with E-state index in [1.54, 1.807) is 20.0 Å². The Morgan fingerprint density at radius 1 is 1.58 bits per heavy atom. The lowest BCUT2D eigenvalue weighted by Gasteiger charge is -2.25. The molecule has 0 radical (unpaired) electrons. The molecule has 0 aromatic carbocycles. The third kappa shape index (κ3) is 3.43. The van der Waals surface area contributed by atoms with E-state index in [0.717, 1.165) is 29.7 Å². The van der Waals surface area contributed by atoms with Crippen molar-refractivity contribution in [3.63, 3.8) is 0 Å². The smallest absolute Gasteiger partial charge is 0.252 e. The van der Waals surface area contributed by atoms with Crippen LogP contribution in [0.3, 0.4) is 0 Å². The SMILES string of the molecule is Cc1cc(S(=O)(=O)N(C)C(CN)C2CC2)sc1Cl.Cl. The van der Waals surface area contributed by atoms with Gasteiger partial charge in [-0.2, -0.15) is 4.31 Å². The Balaban J connectivity index is 0.00000180. The summed E-state index contributed by atoms with van der Waals surface area (Å²) in [5.74, 6) is 0.409. The second-order valence-corrected chi connectivity index (χ2v) is 8.56. The Bertz CT molecular complexity index is 521. The molecule has 2 rings (SSSR count). The van der Waals surface area contributed by atoms with Crippen LogP contribution in [-0.4, -0.2) is 32.4 Å². The van der Waals surface area contributed by atoms with E-state index < -0.39 is 10.0 Å². The lowest BCUT2D eigenvalue weighted by molar-refractivity contribution is 0.341. The average molecular weight is 345 g/mol. The van der Waals surface area contributed by atoms with Gasteiger partial charge in [0.2, 0.25) is 0 Å². The standard InChI is InChI=1S/C11H17ClN2O2S2.ClH/c1-7-5-10(17-11(7)12)18(15,16)14(2)9(6-13)8-3-4-8;/h5,8-9H,3-4,6,13H2,1-2H3;1H. The molecule has 1 aromatic rings. The van der Waals surface area contributed by atoms with Crippen LogP contribution in [0.25, 0.3) is 0 Å². The number of nitrogens with zero attached hydrogens (tertiary/aromatic N) is 1. The van der Waals surface area contributed by atoms with E-state index in [4.69, 9.17) is 17.3 Å². The molecule has 0 amide bonds. The van der Waals surface area contributed by atoms with Gasteiger partial charge in [-0.25, -0.2) is 8.42 Å². The molecule has 1 heterocycles. The van der Waals surface area contributed by atoms with Gasteiger partial charge in [0.05, 0.1) is 4.34 Å². The lowest BCUT2D eigenvalue weighted by Crippen LogP contribution is -2.42. The zero-order valence-corrected chi connectivity index (χ0v) is 14.0. The summed E-state index contributed by atoms with van der Waals surface area (Å²) in [5.41, 5.74) is 6.49. The minimum absolute atomic E-state index is 0. The molecule has 19 heavy (non-hydrogen) atoms. The van der Waals surface area contributed by atoms with E-state index in [0.29, 0.717) is 21.0 Å². The fourth-order valence-electron chi connectivity index (χ4n) is 2.00. The molecule has 0 spiro atoms. The van der Waals surface area contributed by atoms with Gasteiger partial charge in [-0.1, -0.05) is 11.6 Å². The van der Waals surface area contributed by atoms with Gasteiger partial charge in [-0.3, -0.25) is 0 Å². The van der Waals surface area contributed by atoms with Gasteiger partial charge in [0.25, 0.3) is 10.0 Å². The number of thiophene rings is 1. The van der Waals surface area contributed by atoms with E-state index in [1.807, 2.05) is 0 Å². The molecule has 8 heteroatoms. The molecule has 1 aliphatic rings. The number of likely N-dealkylation sites (N-methyl/N-ethyl adjacent to an activating group) is 1. The molecule has 1 aliphatic carbocycles. The quantitative estimate of drug-likeness (QED) is 0.892. The lowest BCUT2D eigenvalue weighted by atomic mass is 10.2. The first-order valence-electron chi connectivity index (χ1n) is 5.82. The summed E-state index contributed by atoms with van der Waals surface area (Å²) in [6.45, 7) is 2.16. The van der Waals surface area contributed by atoms with Crippen LogP contribution < -0.4 is 5.73 Å². The summed E-state index contributed by atoms with van der Waals surface area (Å²) in [4.78, 5) is 0. The molecule has 0 saturated heterocycles. The maximum Gasteiger partial charge on any atom is 0.252 e. The zero-order chi connectivity index (χ0) is 13.5. The van der Waals surface area contributed by atoms with Crippen molar-refractivity contribution in [2.24, 2.45) is 11.7 Å². The van der Waals surface area contributed by atoms with Crippen molar-refractivity contribution in [3.8, 4) is 0 Å². The summed E-state index contributed by atoms with van der Waals surface area (Å²) in [7, 11) is -1.86. The van der Waals surface area contributed by atoms with Crippen molar-refractivity contribution in [1.82, 2.24) is 4.31 Å². The van der Waals surface area contributed by atoms with Crippen molar-refractivity contribution >= 4 is 45.4 Å². The van der Waals surface area contributed by atoms with Gasteiger partial charge >= 0.3 is 0 Å². The van der Waals surface area contributed by atoms with Crippen LogP contribution in [0.2, 0.25) is 4.34 Å². The van der Waals surface area contributed by atoms with Crippen LogP contribution in [0.4, 0.5) is 0 Å². The highest BCUT2D eigenvalue weighted by Gasteiger charge is 2.38. The summed E-state index contributed by atoms with van der Waals surface area (Å²) in [6, 6.07) is 1.52. The van der Waals surface area contributed by atoms with E-state index in [1.165, 1.54) is 4.31 Å². The maximum absolute atomic E-state index is 12.5. The van der Waals surface area contributed by atoms with Gasteiger partial charge in [0, 0.05) is 19.6 Å². The van der Waals surface area contributed by atoms with Crippen LogP contribution in [-0.2, 0) is 10.0 Å². The first-order chi connectivity index (χ1) is 8.37. The van der Waals surface area contributed by atoms with Gasteiger partial charge < -0.3 is 5.73 Å². The van der Waals surface area contributed by atoms with Crippen molar-refractivity contribution in [1.29, 1.82) is 0 Å². The fraction of sp³-hybridized carbons (Fsp3) is 0.636. The topological polar surface area (TPSA) is 63.4 Å². The van der Waals surface area contributed by atoms with Crippen LogP contribution >= 0.6 is 35.3 Å². The molecular formula is C11H18Cl2N2O2S2. The Kier molecular flexibility index (Phi) is 5.69. The predicted molar refractivity (Wildman–Crippen MR) is 81.8 cm³/mol. The molecule has 2 N–H and O–H groups in total. The number of halogens is 2. The molecule has 0 aliphatic heterocycles. The Morgan fingerprint density at radius 3 is 2.53 bits per heavy atom. The largest absolute Gasteiger partial charge is 0.329 e. The number of hydrogen-bond acceptors (Lipinski definition) is 4. The van der Waals surface area contributed by atoms with E-state index in [2.05, 4.69) is 0 Å². The molecule has 1 fully saturated rings. The van der Waals surface area contributed by atoms with E-state index in [9.17, 15) is 8.42 Å². The molecule has 110 valence electrons. The maximum atomic E-state index is 12.5. The number of sulfonamides is 1. The van der Waals surface area contributed by atoms with Gasteiger partial charge in [0.1, 0.15) is 4.21 Å². The summed E-state index contributed by atoms with van der Waals surface area (Å²) < 4.78 is 27.1. The van der Waals surface area contributed by atoms with Crippen LogP contribution in [0.1, 0.15) is 18.4 Å². The zero-order valence-electron chi connectivity index (χ0n) is 10.8. The molecule has 0 bridgehead atoms.